The number of ether oxygens (including phenoxy) is 2. The second-order valence-corrected chi connectivity index (χ2v) is 6.13. The summed E-state index contributed by atoms with van der Waals surface area (Å²) < 4.78 is 10.7. The smallest absolute Gasteiger partial charge is 0.321 e. The van der Waals surface area contributed by atoms with Gasteiger partial charge in [0, 0.05) is 30.9 Å². The van der Waals surface area contributed by atoms with Crippen LogP contribution in [0.15, 0.2) is 42.5 Å². The Kier molecular flexibility index (Phi) is 4.35. The van der Waals surface area contributed by atoms with Gasteiger partial charge in [-0.1, -0.05) is 12.1 Å². The van der Waals surface area contributed by atoms with Gasteiger partial charge in [0.15, 0.2) is 11.5 Å². The molecule has 0 aliphatic carbocycles. The third-order valence-electron chi connectivity index (χ3n) is 4.41. The first-order valence-electron chi connectivity index (χ1n) is 8.53. The molecule has 7 heteroatoms. The van der Waals surface area contributed by atoms with Crippen molar-refractivity contribution in [2.75, 3.05) is 31.3 Å². The molecule has 0 bridgehead atoms. The molecule has 1 saturated heterocycles. The Labute approximate surface area is 150 Å². The molecular weight excluding hydrogens is 334 g/mol. The van der Waals surface area contributed by atoms with Crippen molar-refractivity contribution in [2.45, 2.75) is 6.42 Å². The highest BCUT2D eigenvalue weighted by Crippen LogP contribution is 2.32. The van der Waals surface area contributed by atoms with Crippen LogP contribution in [0.3, 0.4) is 0 Å². The van der Waals surface area contributed by atoms with Crippen molar-refractivity contribution in [2.24, 2.45) is 0 Å². The molecule has 134 valence electrons. The lowest BCUT2D eigenvalue weighted by Gasteiger charge is -2.15. The van der Waals surface area contributed by atoms with Crippen molar-refractivity contribution in [3.63, 3.8) is 0 Å². The van der Waals surface area contributed by atoms with Gasteiger partial charge in [-0.3, -0.25) is 9.69 Å². The van der Waals surface area contributed by atoms with Gasteiger partial charge in [-0.25, -0.2) is 4.79 Å². The Balaban J connectivity index is 1.35. The van der Waals surface area contributed by atoms with Gasteiger partial charge in [-0.05, 0) is 42.3 Å². The molecule has 0 aromatic heterocycles. The highest BCUT2D eigenvalue weighted by Gasteiger charge is 2.21. The lowest BCUT2D eigenvalue weighted by atomic mass is 10.1. The Morgan fingerprint density at radius 3 is 2.88 bits per heavy atom. The number of hydrogen-bond acceptors (Lipinski definition) is 4. The molecule has 0 saturated carbocycles. The normalized spacial score (nSPS) is 15.1. The predicted molar refractivity (Wildman–Crippen MR) is 95.8 cm³/mol. The van der Waals surface area contributed by atoms with Gasteiger partial charge in [0.05, 0.1) is 0 Å². The first-order chi connectivity index (χ1) is 12.7. The molecule has 4 rings (SSSR count). The Hall–Kier alpha value is -3.22. The molecule has 2 aliphatic rings. The number of benzene rings is 2. The van der Waals surface area contributed by atoms with Crippen LogP contribution in [0, 0.1) is 0 Å². The number of nitrogens with zero attached hydrogens (tertiary/aromatic N) is 1. The van der Waals surface area contributed by atoms with E-state index >= 15 is 0 Å². The van der Waals surface area contributed by atoms with Gasteiger partial charge in [-0.15, -0.1) is 0 Å². The predicted octanol–water partition coefficient (Wildman–Crippen LogP) is 1.92. The van der Waals surface area contributed by atoms with Crippen LogP contribution in [-0.2, 0) is 6.42 Å². The van der Waals surface area contributed by atoms with Gasteiger partial charge in [0.1, 0.15) is 0 Å². The highest BCUT2D eigenvalue weighted by molar-refractivity contribution is 5.98. The number of fused-ring (bicyclic) bond motifs is 1. The van der Waals surface area contributed by atoms with Crippen LogP contribution in [0.25, 0.3) is 0 Å². The molecule has 2 aromatic rings. The molecule has 0 unspecified atom stereocenters. The monoisotopic (exact) mass is 353 g/mol. The van der Waals surface area contributed by atoms with Crippen LogP contribution in [-0.4, -0.2) is 38.4 Å². The second kappa shape index (κ2) is 6.95. The highest BCUT2D eigenvalue weighted by atomic mass is 16.7. The largest absolute Gasteiger partial charge is 0.454 e. The number of nitrogens with one attached hydrogen (secondary N) is 2. The van der Waals surface area contributed by atoms with E-state index in [1.165, 1.54) is 0 Å². The minimum atomic E-state index is -0.160. The molecular formula is C19H19N3O4. The van der Waals surface area contributed by atoms with E-state index in [0.29, 0.717) is 31.6 Å². The lowest BCUT2D eigenvalue weighted by molar-refractivity contribution is 0.0954. The van der Waals surface area contributed by atoms with Gasteiger partial charge in [-0.2, -0.15) is 0 Å². The van der Waals surface area contributed by atoms with E-state index in [4.69, 9.17) is 9.47 Å². The van der Waals surface area contributed by atoms with E-state index in [0.717, 1.165) is 22.7 Å². The molecule has 2 heterocycles. The maximum Gasteiger partial charge on any atom is 0.321 e. The second-order valence-electron chi connectivity index (χ2n) is 6.13. The van der Waals surface area contributed by atoms with Crippen molar-refractivity contribution in [3.8, 4) is 11.5 Å². The topological polar surface area (TPSA) is 79.9 Å². The van der Waals surface area contributed by atoms with Crippen molar-refractivity contribution in [3.05, 3.63) is 53.6 Å². The summed E-state index contributed by atoms with van der Waals surface area (Å²) >= 11 is 0. The minimum Gasteiger partial charge on any atom is -0.454 e. The van der Waals surface area contributed by atoms with Gasteiger partial charge in [0.2, 0.25) is 6.79 Å². The van der Waals surface area contributed by atoms with E-state index in [9.17, 15) is 9.59 Å². The lowest BCUT2D eigenvalue weighted by Crippen LogP contribution is -2.29. The Morgan fingerprint density at radius 2 is 2.04 bits per heavy atom. The Morgan fingerprint density at radius 1 is 1.15 bits per heavy atom. The fourth-order valence-corrected chi connectivity index (χ4v) is 3.05. The number of urea groups is 1. The van der Waals surface area contributed by atoms with Crippen LogP contribution in [0.2, 0.25) is 0 Å². The molecule has 1 fully saturated rings. The van der Waals surface area contributed by atoms with Crippen LogP contribution >= 0.6 is 0 Å². The van der Waals surface area contributed by atoms with Crippen molar-refractivity contribution in [1.82, 2.24) is 10.6 Å². The maximum atomic E-state index is 12.4. The summed E-state index contributed by atoms with van der Waals surface area (Å²) in [5, 5.41) is 5.67. The number of carbonyl (C=O) groups is 2. The molecule has 2 N–H and O–H groups in total. The van der Waals surface area contributed by atoms with Crippen LogP contribution in [0.1, 0.15) is 15.9 Å². The zero-order chi connectivity index (χ0) is 17.9. The number of hydrogen-bond donors (Lipinski definition) is 2. The summed E-state index contributed by atoms with van der Waals surface area (Å²) in [6.45, 7) is 1.98. The molecule has 0 radical (unpaired) electrons. The summed E-state index contributed by atoms with van der Waals surface area (Å²) in [6.07, 6.45) is 0.691. The standard InChI is InChI=1S/C19H19N3O4/c23-18(14-2-1-3-15(11-14)22-9-8-21-19(22)24)20-7-6-13-4-5-16-17(10-13)26-12-25-16/h1-5,10-11H,6-9,12H2,(H,20,23)(H,21,24). The van der Waals surface area contributed by atoms with Crippen molar-refractivity contribution >= 4 is 17.6 Å². The summed E-state index contributed by atoms with van der Waals surface area (Å²) in [5.41, 5.74) is 2.33. The van der Waals surface area contributed by atoms with E-state index in [1.807, 2.05) is 24.3 Å². The molecule has 26 heavy (non-hydrogen) atoms. The summed E-state index contributed by atoms with van der Waals surface area (Å²) in [5.74, 6) is 1.33. The average molecular weight is 353 g/mol. The van der Waals surface area contributed by atoms with E-state index in [-0.39, 0.29) is 18.7 Å². The zero-order valence-corrected chi connectivity index (χ0v) is 14.2. The molecule has 2 aliphatic heterocycles. The van der Waals surface area contributed by atoms with Crippen LogP contribution in [0.4, 0.5) is 10.5 Å². The fourth-order valence-electron chi connectivity index (χ4n) is 3.05. The van der Waals surface area contributed by atoms with E-state index in [1.54, 1.807) is 23.1 Å². The van der Waals surface area contributed by atoms with Crippen molar-refractivity contribution < 1.29 is 19.1 Å². The number of rotatable bonds is 5. The first kappa shape index (κ1) is 16.3. The van der Waals surface area contributed by atoms with Gasteiger partial charge < -0.3 is 20.1 Å². The van der Waals surface area contributed by atoms with Crippen LogP contribution in [0.5, 0.6) is 11.5 Å². The van der Waals surface area contributed by atoms with Crippen LogP contribution < -0.4 is 25.0 Å². The van der Waals surface area contributed by atoms with E-state index in [2.05, 4.69) is 10.6 Å². The number of amides is 3. The molecule has 0 atom stereocenters. The van der Waals surface area contributed by atoms with Gasteiger partial charge in [0.25, 0.3) is 5.91 Å². The van der Waals surface area contributed by atoms with E-state index < -0.39 is 0 Å². The summed E-state index contributed by atoms with van der Waals surface area (Å²) in [6, 6.07) is 12.7. The summed E-state index contributed by atoms with van der Waals surface area (Å²) in [4.78, 5) is 25.8. The average Bonchev–Trinajstić information content (AvgIpc) is 3.30. The maximum absolute atomic E-state index is 12.4. The first-order valence-corrected chi connectivity index (χ1v) is 8.53. The summed E-state index contributed by atoms with van der Waals surface area (Å²) in [7, 11) is 0. The molecule has 2 aromatic carbocycles. The zero-order valence-electron chi connectivity index (χ0n) is 14.2. The Bertz CT molecular complexity index is 852. The van der Waals surface area contributed by atoms with Crippen molar-refractivity contribution in [1.29, 1.82) is 0 Å². The minimum absolute atomic E-state index is 0.134. The van der Waals surface area contributed by atoms with Gasteiger partial charge >= 0.3 is 6.03 Å². The number of anilines is 1. The quantitative estimate of drug-likeness (QED) is 0.861. The third-order valence-corrected chi connectivity index (χ3v) is 4.41. The number of carbonyl (C=O) groups excluding carboxylic acids is 2. The molecule has 3 amide bonds. The SMILES string of the molecule is O=C(NCCc1ccc2c(c1)OCO2)c1cccc(N2CCNC2=O)c1. The third kappa shape index (κ3) is 3.28. The fraction of sp³-hybridized carbons (Fsp3) is 0.263. The molecule has 0 spiro atoms. The molecule has 7 nitrogen and oxygen atoms in total.